The molecule has 1 unspecified atom stereocenters. The number of nitrogens with one attached hydrogen (secondary N) is 1. The van der Waals surface area contributed by atoms with E-state index in [4.69, 9.17) is 5.73 Å². The number of nitrogens with two attached hydrogens (primary N) is 1. The van der Waals surface area contributed by atoms with E-state index in [1.165, 1.54) is 0 Å². The van der Waals surface area contributed by atoms with Crippen molar-refractivity contribution in [2.24, 2.45) is 0 Å². The van der Waals surface area contributed by atoms with Gasteiger partial charge in [-0.05, 0) is 49.1 Å². The Balaban J connectivity index is 0.00000192. The third kappa shape index (κ3) is 3.55. The number of aliphatic hydroxyl groups excluding tert-OH is 1. The minimum atomic E-state index is -0.140. The second kappa shape index (κ2) is 7.59. The second-order valence-corrected chi connectivity index (χ2v) is 5.53. The molecule has 1 atom stereocenters. The lowest BCUT2D eigenvalue weighted by Crippen LogP contribution is -2.29. The van der Waals surface area contributed by atoms with E-state index >= 15 is 0 Å². The average Bonchev–Trinajstić information content (AvgIpc) is 2.55. The van der Waals surface area contributed by atoms with Gasteiger partial charge < -0.3 is 21.3 Å². The van der Waals surface area contributed by atoms with Gasteiger partial charge in [0, 0.05) is 18.3 Å². The van der Waals surface area contributed by atoms with Gasteiger partial charge in [0.15, 0.2) is 0 Å². The Morgan fingerprint density at radius 1 is 1.39 bits per heavy atom. The maximum Gasteiger partial charge on any atom is 0.143 e. The van der Waals surface area contributed by atoms with Gasteiger partial charge in [0.2, 0.25) is 0 Å². The van der Waals surface area contributed by atoms with Crippen LogP contribution in [0.3, 0.4) is 0 Å². The molecule has 124 valence electrons. The van der Waals surface area contributed by atoms with Crippen molar-refractivity contribution < 1.29 is 10.2 Å². The standard InChI is InChI=1S/C16H20N4O2.ClH/c17-16-12(9-21)11(10-3-1-5-18-8-10)7-13(20-16)15-14(22)4-2-6-19-15;/h2,4,6-7,10,18,21-22H,1,3,5,8-9H2,(H2,17,20);1H. The molecule has 5 N–H and O–H groups in total. The lowest BCUT2D eigenvalue weighted by Gasteiger charge is -2.26. The fourth-order valence-corrected chi connectivity index (χ4v) is 2.98. The Morgan fingerprint density at radius 3 is 2.87 bits per heavy atom. The maximum absolute atomic E-state index is 9.98. The summed E-state index contributed by atoms with van der Waals surface area (Å²) in [5.74, 6) is 0.648. The predicted octanol–water partition coefficient (Wildman–Crippen LogP) is 1.81. The number of halogens is 1. The van der Waals surface area contributed by atoms with Crippen molar-refractivity contribution in [2.45, 2.75) is 25.4 Å². The molecule has 3 heterocycles. The van der Waals surface area contributed by atoms with E-state index in [0.717, 1.165) is 31.5 Å². The monoisotopic (exact) mass is 336 g/mol. The molecule has 1 fully saturated rings. The lowest BCUT2D eigenvalue weighted by atomic mass is 9.88. The van der Waals surface area contributed by atoms with Crippen LogP contribution in [0.5, 0.6) is 5.75 Å². The van der Waals surface area contributed by atoms with Gasteiger partial charge in [0.05, 0.1) is 12.3 Å². The largest absolute Gasteiger partial charge is 0.506 e. The van der Waals surface area contributed by atoms with Gasteiger partial charge in [-0.25, -0.2) is 4.98 Å². The Hall–Kier alpha value is -1.89. The Labute approximate surface area is 141 Å². The van der Waals surface area contributed by atoms with Gasteiger partial charge in [-0.2, -0.15) is 0 Å². The topological polar surface area (TPSA) is 104 Å². The molecule has 1 aliphatic rings. The van der Waals surface area contributed by atoms with Crippen molar-refractivity contribution in [2.75, 3.05) is 18.8 Å². The first-order valence-electron chi connectivity index (χ1n) is 7.46. The number of aromatic nitrogens is 2. The van der Waals surface area contributed by atoms with Crippen molar-refractivity contribution in [3.05, 3.63) is 35.5 Å². The van der Waals surface area contributed by atoms with Gasteiger partial charge in [-0.15, -0.1) is 12.4 Å². The molecular formula is C16H21ClN4O2. The van der Waals surface area contributed by atoms with E-state index < -0.39 is 0 Å². The highest BCUT2D eigenvalue weighted by Gasteiger charge is 2.22. The summed E-state index contributed by atoms with van der Waals surface area (Å²) in [5.41, 5.74) is 8.63. The predicted molar refractivity (Wildman–Crippen MR) is 91.6 cm³/mol. The fourth-order valence-electron chi connectivity index (χ4n) is 2.98. The summed E-state index contributed by atoms with van der Waals surface area (Å²) in [6.45, 7) is 1.72. The van der Waals surface area contributed by atoms with E-state index in [0.29, 0.717) is 22.8 Å². The van der Waals surface area contributed by atoms with Crippen molar-refractivity contribution in [3.63, 3.8) is 0 Å². The lowest BCUT2D eigenvalue weighted by molar-refractivity contribution is 0.279. The molecule has 2 aromatic heterocycles. The Kier molecular flexibility index (Phi) is 5.76. The van der Waals surface area contributed by atoms with Crippen LogP contribution in [0.25, 0.3) is 11.4 Å². The molecule has 0 amide bonds. The molecule has 2 aromatic rings. The molecule has 23 heavy (non-hydrogen) atoms. The number of hydrogen-bond donors (Lipinski definition) is 4. The smallest absolute Gasteiger partial charge is 0.143 e. The Bertz CT molecular complexity index is 675. The Morgan fingerprint density at radius 2 is 2.22 bits per heavy atom. The van der Waals surface area contributed by atoms with Crippen molar-refractivity contribution >= 4 is 18.2 Å². The van der Waals surface area contributed by atoms with Crippen molar-refractivity contribution in [3.8, 4) is 17.1 Å². The number of pyridine rings is 2. The van der Waals surface area contributed by atoms with Crippen LogP contribution in [-0.2, 0) is 6.61 Å². The summed E-state index contributed by atoms with van der Waals surface area (Å²) >= 11 is 0. The first kappa shape index (κ1) is 17.5. The third-order valence-electron chi connectivity index (χ3n) is 4.11. The summed E-state index contributed by atoms with van der Waals surface area (Å²) in [6, 6.07) is 5.12. The number of nitrogen functional groups attached to an aromatic ring is 1. The molecule has 0 bridgehead atoms. The molecule has 6 nitrogen and oxygen atoms in total. The zero-order valence-corrected chi connectivity index (χ0v) is 13.5. The summed E-state index contributed by atoms with van der Waals surface area (Å²) in [6.07, 6.45) is 3.73. The van der Waals surface area contributed by atoms with Crippen LogP contribution >= 0.6 is 12.4 Å². The van der Waals surface area contributed by atoms with Crippen LogP contribution in [0.2, 0.25) is 0 Å². The zero-order chi connectivity index (χ0) is 15.5. The third-order valence-corrected chi connectivity index (χ3v) is 4.11. The molecule has 0 spiro atoms. The van der Waals surface area contributed by atoms with Gasteiger partial charge in [-0.1, -0.05) is 0 Å². The van der Waals surface area contributed by atoms with Crippen LogP contribution in [0, 0.1) is 0 Å². The summed E-state index contributed by atoms with van der Waals surface area (Å²) < 4.78 is 0. The molecule has 1 aliphatic heterocycles. The van der Waals surface area contributed by atoms with E-state index in [-0.39, 0.29) is 30.7 Å². The molecule has 0 aliphatic carbocycles. The van der Waals surface area contributed by atoms with E-state index in [1.807, 2.05) is 6.07 Å². The SMILES string of the molecule is Cl.Nc1nc(-c2ncccc2O)cc(C2CCCNC2)c1CO. The van der Waals surface area contributed by atoms with Gasteiger partial charge >= 0.3 is 0 Å². The van der Waals surface area contributed by atoms with E-state index in [1.54, 1.807) is 18.3 Å². The minimum absolute atomic E-state index is 0. The van der Waals surface area contributed by atoms with Crippen LogP contribution in [0.15, 0.2) is 24.4 Å². The number of hydrogen-bond acceptors (Lipinski definition) is 6. The molecule has 0 saturated carbocycles. The first-order chi connectivity index (χ1) is 10.7. The van der Waals surface area contributed by atoms with Gasteiger partial charge in [-0.3, -0.25) is 4.98 Å². The highest BCUT2D eigenvalue weighted by molar-refractivity contribution is 5.85. The normalized spacial score (nSPS) is 17.5. The number of aliphatic hydroxyl groups is 1. The van der Waals surface area contributed by atoms with Crippen molar-refractivity contribution in [1.82, 2.24) is 15.3 Å². The molecule has 7 heteroatoms. The van der Waals surface area contributed by atoms with Gasteiger partial charge in [0.1, 0.15) is 17.3 Å². The molecule has 0 aromatic carbocycles. The summed E-state index contributed by atoms with van der Waals surface area (Å²) in [5, 5.41) is 23.0. The number of anilines is 1. The highest BCUT2D eigenvalue weighted by atomic mass is 35.5. The fraction of sp³-hybridized carbons (Fsp3) is 0.375. The maximum atomic E-state index is 9.98. The van der Waals surface area contributed by atoms with Crippen LogP contribution in [0.1, 0.15) is 29.9 Å². The number of piperidine rings is 1. The summed E-state index contributed by atoms with van der Waals surface area (Å²) in [7, 11) is 0. The van der Waals surface area contributed by atoms with Gasteiger partial charge in [0.25, 0.3) is 0 Å². The molecular weight excluding hydrogens is 316 g/mol. The first-order valence-corrected chi connectivity index (χ1v) is 7.46. The summed E-state index contributed by atoms with van der Waals surface area (Å²) in [4.78, 5) is 8.49. The number of rotatable bonds is 3. The average molecular weight is 337 g/mol. The molecule has 1 saturated heterocycles. The number of aromatic hydroxyl groups is 1. The van der Waals surface area contributed by atoms with E-state index in [9.17, 15) is 10.2 Å². The number of nitrogens with zero attached hydrogens (tertiary/aromatic N) is 2. The van der Waals surface area contributed by atoms with Crippen LogP contribution in [0.4, 0.5) is 5.82 Å². The van der Waals surface area contributed by atoms with Crippen molar-refractivity contribution in [1.29, 1.82) is 0 Å². The molecule has 0 radical (unpaired) electrons. The minimum Gasteiger partial charge on any atom is -0.506 e. The molecule has 3 rings (SSSR count). The van der Waals surface area contributed by atoms with Crippen LogP contribution in [-0.4, -0.2) is 33.3 Å². The zero-order valence-electron chi connectivity index (χ0n) is 12.7. The van der Waals surface area contributed by atoms with Crippen LogP contribution < -0.4 is 11.1 Å². The second-order valence-electron chi connectivity index (χ2n) is 5.53. The quantitative estimate of drug-likeness (QED) is 0.681. The highest BCUT2D eigenvalue weighted by Crippen LogP contribution is 2.34. The van der Waals surface area contributed by atoms with E-state index in [2.05, 4.69) is 15.3 Å².